The number of imidazole rings is 1. The van der Waals surface area contributed by atoms with E-state index in [0.29, 0.717) is 19.3 Å². The molecule has 0 bridgehead atoms. The first kappa shape index (κ1) is 11.8. The predicted octanol–water partition coefficient (Wildman–Crippen LogP) is 1.85. The van der Waals surface area contributed by atoms with Gasteiger partial charge in [0.1, 0.15) is 5.82 Å². The quantitative estimate of drug-likeness (QED) is 0.807. The number of aliphatic carboxylic acids is 1. The van der Waals surface area contributed by atoms with Crippen molar-refractivity contribution in [1.29, 1.82) is 0 Å². The van der Waals surface area contributed by atoms with Crippen LogP contribution >= 0.6 is 0 Å². The third-order valence-electron chi connectivity index (χ3n) is 3.12. The molecule has 0 saturated heterocycles. The van der Waals surface area contributed by atoms with Gasteiger partial charge < -0.3 is 9.67 Å². The molecule has 1 aromatic rings. The van der Waals surface area contributed by atoms with E-state index >= 15 is 0 Å². The SMILES string of the molecule is CCC(C)(CCc1nccn1C)C(=O)O. The standard InChI is InChI=1S/C11H18N2O2/c1-4-11(2,10(14)15)6-5-9-12-7-8-13(9)3/h7-8H,4-6H2,1-3H3,(H,14,15). The van der Waals surface area contributed by atoms with Gasteiger partial charge in [-0.3, -0.25) is 4.79 Å². The van der Waals surface area contributed by atoms with Gasteiger partial charge in [-0.2, -0.15) is 0 Å². The van der Waals surface area contributed by atoms with Gasteiger partial charge in [0.05, 0.1) is 5.41 Å². The number of hydrogen-bond donors (Lipinski definition) is 1. The minimum absolute atomic E-state index is 0.629. The van der Waals surface area contributed by atoms with E-state index in [1.54, 1.807) is 13.1 Å². The minimum Gasteiger partial charge on any atom is -0.481 e. The van der Waals surface area contributed by atoms with Crippen LogP contribution < -0.4 is 0 Å². The molecule has 0 fully saturated rings. The lowest BCUT2D eigenvalue weighted by Crippen LogP contribution is -2.27. The van der Waals surface area contributed by atoms with Crippen LogP contribution in [0.25, 0.3) is 0 Å². The molecule has 4 heteroatoms. The van der Waals surface area contributed by atoms with E-state index in [1.165, 1.54) is 0 Å². The van der Waals surface area contributed by atoms with Crippen LogP contribution in [0.15, 0.2) is 12.4 Å². The second-order valence-electron chi connectivity index (χ2n) is 4.17. The number of aromatic nitrogens is 2. The second kappa shape index (κ2) is 4.47. The molecular weight excluding hydrogens is 192 g/mol. The van der Waals surface area contributed by atoms with E-state index in [4.69, 9.17) is 5.11 Å². The molecule has 4 nitrogen and oxygen atoms in total. The summed E-state index contributed by atoms with van der Waals surface area (Å²) in [5.74, 6) is 0.218. The summed E-state index contributed by atoms with van der Waals surface area (Å²) in [4.78, 5) is 15.3. The maximum absolute atomic E-state index is 11.1. The van der Waals surface area contributed by atoms with E-state index in [1.807, 2.05) is 24.7 Å². The third kappa shape index (κ3) is 2.58. The highest BCUT2D eigenvalue weighted by molar-refractivity contribution is 5.73. The largest absolute Gasteiger partial charge is 0.481 e. The average molecular weight is 210 g/mol. The highest BCUT2D eigenvalue weighted by Crippen LogP contribution is 2.27. The van der Waals surface area contributed by atoms with Gasteiger partial charge in [0.25, 0.3) is 0 Å². The number of carboxylic acids is 1. The van der Waals surface area contributed by atoms with Gasteiger partial charge in [-0.05, 0) is 19.8 Å². The summed E-state index contributed by atoms with van der Waals surface area (Å²) in [5, 5.41) is 9.10. The molecule has 0 aliphatic rings. The summed E-state index contributed by atoms with van der Waals surface area (Å²) in [6, 6.07) is 0. The average Bonchev–Trinajstić information content (AvgIpc) is 2.60. The topological polar surface area (TPSA) is 55.1 Å². The lowest BCUT2D eigenvalue weighted by Gasteiger charge is -2.22. The molecule has 1 aromatic heterocycles. The van der Waals surface area contributed by atoms with Crippen molar-refractivity contribution >= 4 is 5.97 Å². The highest BCUT2D eigenvalue weighted by Gasteiger charge is 2.30. The van der Waals surface area contributed by atoms with Gasteiger partial charge in [-0.1, -0.05) is 6.92 Å². The molecule has 0 aliphatic carbocycles. The van der Waals surface area contributed by atoms with Crippen LogP contribution in [-0.4, -0.2) is 20.6 Å². The van der Waals surface area contributed by atoms with Crippen LogP contribution in [0.4, 0.5) is 0 Å². The lowest BCUT2D eigenvalue weighted by atomic mass is 9.83. The third-order valence-corrected chi connectivity index (χ3v) is 3.12. The zero-order valence-corrected chi connectivity index (χ0v) is 9.53. The smallest absolute Gasteiger partial charge is 0.309 e. The van der Waals surface area contributed by atoms with Crippen molar-refractivity contribution in [3.63, 3.8) is 0 Å². The molecule has 0 saturated carbocycles. The Bertz CT molecular complexity index is 346. The van der Waals surface area contributed by atoms with Crippen LogP contribution in [0.3, 0.4) is 0 Å². The van der Waals surface area contributed by atoms with Crippen molar-refractivity contribution in [3.05, 3.63) is 18.2 Å². The van der Waals surface area contributed by atoms with E-state index in [9.17, 15) is 4.79 Å². The van der Waals surface area contributed by atoms with Gasteiger partial charge in [0, 0.05) is 25.9 Å². The first-order valence-electron chi connectivity index (χ1n) is 5.19. The Morgan fingerprint density at radius 3 is 2.73 bits per heavy atom. The Morgan fingerprint density at radius 1 is 1.67 bits per heavy atom. The maximum Gasteiger partial charge on any atom is 0.309 e. The highest BCUT2D eigenvalue weighted by atomic mass is 16.4. The molecule has 0 amide bonds. The Labute approximate surface area is 89.9 Å². The van der Waals surface area contributed by atoms with Crippen molar-refractivity contribution in [2.45, 2.75) is 33.1 Å². The number of rotatable bonds is 5. The Hall–Kier alpha value is -1.32. The summed E-state index contributed by atoms with van der Waals surface area (Å²) >= 11 is 0. The van der Waals surface area contributed by atoms with Crippen molar-refractivity contribution in [1.82, 2.24) is 9.55 Å². The van der Waals surface area contributed by atoms with Gasteiger partial charge in [0.15, 0.2) is 0 Å². The molecule has 0 radical (unpaired) electrons. The molecule has 1 heterocycles. The molecule has 1 N–H and O–H groups in total. The van der Waals surface area contributed by atoms with Crippen LogP contribution in [0, 0.1) is 5.41 Å². The van der Waals surface area contributed by atoms with E-state index in [-0.39, 0.29) is 0 Å². The van der Waals surface area contributed by atoms with Crippen molar-refractivity contribution in [2.75, 3.05) is 0 Å². The van der Waals surface area contributed by atoms with E-state index < -0.39 is 11.4 Å². The van der Waals surface area contributed by atoms with Crippen molar-refractivity contribution < 1.29 is 9.90 Å². The summed E-state index contributed by atoms with van der Waals surface area (Å²) in [5.41, 5.74) is -0.633. The van der Waals surface area contributed by atoms with Crippen molar-refractivity contribution in [2.24, 2.45) is 12.5 Å². The molecular formula is C11H18N2O2. The van der Waals surface area contributed by atoms with Gasteiger partial charge in [0.2, 0.25) is 0 Å². The molecule has 15 heavy (non-hydrogen) atoms. The zero-order valence-electron chi connectivity index (χ0n) is 9.53. The fourth-order valence-electron chi connectivity index (χ4n) is 1.46. The number of aryl methyl sites for hydroxylation is 2. The van der Waals surface area contributed by atoms with Gasteiger partial charge in [-0.25, -0.2) is 4.98 Å². The summed E-state index contributed by atoms with van der Waals surface area (Å²) in [6.07, 6.45) is 5.59. The zero-order chi connectivity index (χ0) is 11.5. The second-order valence-corrected chi connectivity index (χ2v) is 4.17. The Balaban J connectivity index is 2.63. The molecule has 1 atom stereocenters. The maximum atomic E-state index is 11.1. The molecule has 0 aromatic carbocycles. The molecule has 1 rings (SSSR count). The number of carbonyl (C=O) groups is 1. The molecule has 1 unspecified atom stereocenters. The molecule has 0 aliphatic heterocycles. The molecule has 0 spiro atoms. The summed E-state index contributed by atoms with van der Waals surface area (Å²) in [6.45, 7) is 3.70. The lowest BCUT2D eigenvalue weighted by molar-refractivity contribution is -0.148. The number of nitrogens with zero attached hydrogens (tertiary/aromatic N) is 2. The summed E-state index contributed by atoms with van der Waals surface area (Å²) < 4.78 is 1.93. The predicted molar refractivity (Wildman–Crippen MR) is 57.6 cm³/mol. The van der Waals surface area contributed by atoms with Gasteiger partial charge >= 0.3 is 5.97 Å². The fourth-order valence-corrected chi connectivity index (χ4v) is 1.46. The van der Waals surface area contributed by atoms with Crippen LogP contribution in [0.2, 0.25) is 0 Å². The fraction of sp³-hybridized carbons (Fsp3) is 0.636. The van der Waals surface area contributed by atoms with E-state index in [2.05, 4.69) is 4.98 Å². The van der Waals surface area contributed by atoms with Gasteiger partial charge in [-0.15, -0.1) is 0 Å². The Morgan fingerprint density at radius 2 is 2.33 bits per heavy atom. The first-order chi connectivity index (χ1) is 6.99. The van der Waals surface area contributed by atoms with Crippen LogP contribution in [-0.2, 0) is 18.3 Å². The molecule has 84 valence electrons. The normalized spacial score (nSPS) is 14.9. The monoisotopic (exact) mass is 210 g/mol. The summed E-state index contributed by atoms with van der Waals surface area (Å²) in [7, 11) is 1.92. The first-order valence-corrected chi connectivity index (χ1v) is 5.19. The van der Waals surface area contributed by atoms with E-state index in [0.717, 1.165) is 5.82 Å². The van der Waals surface area contributed by atoms with Crippen LogP contribution in [0.1, 0.15) is 32.5 Å². The number of hydrogen-bond acceptors (Lipinski definition) is 2. The van der Waals surface area contributed by atoms with Crippen molar-refractivity contribution in [3.8, 4) is 0 Å². The Kier molecular flexibility index (Phi) is 3.50. The minimum atomic E-state index is -0.723. The number of carboxylic acid groups (broad SMARTS) is 1. The van der Waals surface area contributed by atoms with Crippen LogP contribution in [0.5, 0.6) is 0 Å².